The summed E-state index contributed by atoms with van der Waals surface area (Å²) < 4.78 is 40.0. The number of benzene rings is 1. The lowest BCUT2D eigenvalue weighted by Gasteiger charge is -2.14. The molecular formula is C99H140N12O7S. The quantitative estimate of drug-likeness (QED) is 0.0893. The van der Waals surface area contributed by atoms with Gasteiger partial charge in [-0.1, -0.05) is 234 Å². The molecule has 20 heteroatoms. The molecule has 0 radical (unpaired) electrons. The van der Waals surface area contributed by atoms with Crippen LogP contribution in [0.5, 0.6) is 28.9 Å². The van der Waals surface area contributed by atoms with E-state index in [0.717, 1.165) is 111 Å². The topological polar surface area (TPSA) is 230 Å². The summed E-state index contributed by atoms with van der Waals surface area (Å²) in [6, 6.07) is 8.47. The molecule has 0 spiro atoms. The van der Waals surface area contributed by atoms with E-state index in [1.54, 1.807) is 24.7 Å². The molecule has 1 aromatic carbocycles. The zero-order valence-corrected chi connectivity index (χ0v) is 78.9. The second kappa shape index (κ2) is 43.2. The van der Waals surface area contributed by atoms with Crippen LogP contribution in [-0.2, 0) is 12.8 Å². The fourth-order valence-corrected chi connectivity index (χ4v) is 15.6. The van der Waals surface area contributed by atoms with Gasteiger partial charge in [0.15, 0.2) is 29.3 Å². The van der Waals surface area contributed by atoms with E-state index in [1.165, 1.54) is 89.1 Å². The van der Waals surface area contributed by atoms with Gasteiger partial charge in [-0.2, -0.15) is 4.98 Å². The zero-order chi connectivity index (χ0) is 87.7. The lowest BCUT2D eigenvalue weighted by atomic mass is 9.95. The molecule has 1 N–H and O–H groups in total. The highest BCUT2D eigenvalue weighted by Crippen LogP contribution is 2.45. The third kappa shape index (κ3) is 23.2. The van der Waals surface area contributed by atoms with E-state index in [9.17, 15) is 0 Å². The number of H-pyrrole nitrogens is 1. The van der Waals surface area contributed by atoms with Crippen LogP contribution in [0.2, 0.25) is 0 Å². The second-order valence-corrected chi connectivity index (χ2v) is 37.1. The molecule has 0 unspecified atom stereocenters. The van der Waals surface area contributed by atoms with Gasteiger partial charge >= 0.3 is 0 Å². The third-order valence-electron chi connectivity index (χ3n) is 21.4. The SMILES string of the molecule is CC(C)c1ccc(C(C)C)c2c1OCO2.CC(C)c1cnc(C(C)C)c2c1CCO2.CC(C)c1cnc(C(C)C)c2c1OCC2.CC(C)c1cnc(C(C)C)c2ocnc12.CC(C)c1cnc(C(C)C)c2scnc12.CC(C)c1ncc(C(C)C)c2[nH]ccc12.CC(C)c1ncc(C(C)C)c2occc12.COc1nc(C(C)C)nnc1C(C)C. The van der Waals surface area contributed by atoms with Gasteiger partial charge in [0.2, 0.25) is 12.7 Å². The van der Waals surface area contributed by atoms with E-state index in [1.807, 2.05) is 82.6 Å². The molecule has 0 atom stereocenters. The van der Waals surface area contributed by atoms with Crippen LogP contribution < -0.4 is 23.7 Å². The highest BCUT2D eigenvalue weighted by molar-refractivity contribution is 7.17. The number of thiazole rings is 1. The Labute approximate surface area is 715 Å². The molecule has 15 rings (SSSR count). The van der Waals surface area contributed by atoms with Gasteiger partial charge in [0.25, 0.3) is 0 Å². The van der Waals surface area contributed by atoms with Crippen molar-refractivity contribution in [2.24, 2.45) is 0 Å². The lowest BCUT2D eigenvalue weighted by molar-refractivity contribution is 0.172. The Hall–Kier alpha value is -9.43. The first-order valence-electron chi connectivity index (χ1n) is 43.6. The minimum absolute atomic E-state index is 0.276. The first-order valence-corrected chi connectivity index (χ1v) is 44.5. The van der Waals surface area contributed by atoms with Gasteiger partial charge < -0.3 is 37.5 Å². The molecule has 3 aliphatic rings. The number of hydrogen-bond acceptors (Lipinski definition) is 19. The standard InChI is InChI=1S/C13H18N2.C13H19NO.C13H17NO.C13H19NO.C13H18O2.C12H16N2O.C12H16N2S.C10H17N3O/c1-8(2)11-7-15-12(9(3)4)10-5-6-14-13(10)11;2*1-8(2)11-7-14-12(9(3)4)10-5-6-15-13(10)11;1-8(2)11-7-14-12(9(3)4)13-10(11)5-6-15-13;1-8(2)10-5-6-11(9(3)4)13-12(10)14-7-15-13;2*1-7(2)9-5-13-10(8(3)4)12-11(9)14-6-15-12;1-6(2)8-10(14-5)11-9(7(3)4)13-12-8/h5-9,14H,1-4H3;7-9H,5-6H2,1-4H3;5-9H,1-4H3;7-9H,5-6H2,1-4H3;5-6,8-9H,7H2,1-4H3;2*5-8H,1-4H3;6-7H,1-5H3. The monoisotopic (exact) mass is 1640 g/mol. The predicted molar refractivity (Wildman–Crippen MR) is 491 cm³/mol. The maximum absolute atomic E-state index is 5.74. The molecule has 0 amide bonds. The number of fused-ring (bicyclic) bond motifs is 7. The number of oxazole rings is 1. The number of nitrogens with zero attached hydrogens (tertiary/aromatic N) is 11. The van der Waals surface area contributed by atoms with Crippen molar-refractivity contribution in [2.75, 3.05) is 27.1 Å². The first kappa shape index (κ1) is 95.0. The fourth-order valence-electron chi connectivity index (χ4n) is 14.6. The van der Waals surface area contributed by atoms with Crippen molar-refractivity contribution in [1.82, 2.24) is 60.0 Å². The highest BCUT2D eigenvalue weighted by Gasteiger charge is 2.28. The number of rotatable bonds is 17. The first-order chi connectivity index (χ1) is 56.3. The number of aromatic nitrogens is 12. The van der Waals surface area contributed by atoms with E-state index >= 15 is 0 Å². The lowest BCUT2D eigenvalue weighted by Crippen LogP contribution is -2.07. The largest absolute Gasteiger partial charge is 0.493 e. The number of furan rings is 1. The van der Waals surface area contributed by atoms with E-state index in [0.29, 0.717) is 95.5 Å². The fraction of sp³-hybridized carbons (Fsp3) is 0.545. The third-order valence-corrected chi connectivity index (χ3v) is 22.3. The Bertz CT molecular complexity index is 4420. The summed E-state index contributed by atoms with van der Waals surface area (Å²) in [5.74, 6) is 12.5. The van der Waals surface area contributed by atoms with E-state index < -0.39 is 0 Å². The summed E-state index contributed by atoms with van der Waals surface area (Å²) in [6.07, 6.45) is 19.2. The molecule has 12 aromatic rings. The van der Waals surface area contributed by atoms with Crippen molar-refractivity contribution in [1.29, 1.82) is 0 Å². The molecule has 0 saturated carbocycles. The molecule has 644 valence electrons. The van der Waals surface area contributed by atoms with E-state index in [2.05, 4.69) is 272 Å². The zero-order valence-electron chi connectivity index (χ0n) is 78.0. The van der Waals surface area contributed by atoms with Crippen molar-refractivity contribution in [3.63, 3.8) is 0 Å². The van der Waals surface area contributed by atoms with Gasteiger partial charge in [0, 0.05) is 129 Å². The Balaban J connectivity index is 0.000000169. The number of pyridine rings is 6. The molecule has 11 aromatic heterocycles. The molecule has 14 heterocycles. The highest BCUT2D eigenvalue weighted by atomic mass is 32.1. The Morgan fingerprint density at radius 3 is 1.32 bits per heavy atom. The van der Waals surface area contributed by atoms with Crippen LogP contribution in [-0.4, -0.2) is 87.2 Å². The van der Waals surface area contributed by atoms with Crippen molar-refractivity contribution in [3.8, 4) is 28.9 Å². The van der Waals surface area contributed by atoms with Crippen LogP contribution in [0.3, 0.4) is 0 Å². The molecular weight excluding hydrogens is 1500 g/mol. The number of methoxy groups -OCH3 is 1. The maximum Gasteiger partial charge on any atom is 0.239 e. The summed E-state index contributed by atoms with van der Waals surface area (Å²) >= 11 is 1.70. The molecule has 0 fully saturated rings. The number of hydrogen-bond donors (Lipinski definition) is 1. The molecule has 119 heavy (non-hydrogen) atoms. The Morgan fingerprint density at radius 2 is 0.798 bits per heavy atom. The smallest absolute Gasteiger partial charge is 0.239 e. The molecule has 0 bridgehead atoms. The molecule has 3 aliphatic heterocycles. The second-order valence-electron chi connectivity index (χ2n) is 36.2. The summed E-state index contributed by atoms with van der Waals surface area (Å²) in [4.78, 5) is 43.7. The minimum Gasteiger partial charge on any atom is -0.493 e. The number of ether oxygens (including phenoxy) is 5. The van der Waals surface area contributed by atoms with Crippen molar-refractivity contribution in [3.05, 3.63) is 187 Å². The van der Waals surface area contributed by atoms with E-state index in [-0.39, 0.29) is 11.8 Å². The van der Waals surface area contributed by atoms with Crippen LogP contribution in [0.1, 0.15) is 418 Å². The minimum atomic E-state index is 0.276. The summed E-state index contributed by atoms with van der Waals surface area (Å²) in [6.45, 7) is 71.0. The summed E-state index contributed by atoms with van der Waals surface area (Å²) in [5, 5.41) is 10.6. The predicted octanol–water partition coefficient (Wildman–Crippen LogP) is 27.6. The van der Waals surface area contributed by atoms with Crippen molar-refractivity contribution in [2.45, 2.75) is 329 Å². The van der Waals surface area contributed by atoms with Crippen LogP contribution in [0.4, 0.5) is 0 Å². The normalized spacial score (nSPS) is 12.7. The maximum atomic E-state index is 5.74. The van der Waals surface area contributed by atoms with Crippen LogP contribution in [0.15, 0.2) is 94.6 Å². The van der Waals surface area contributed by atoms with Gasteiger partial charge in [0.1, 0.15) is 28.3 Å². The van der Waals surface area contributed by atoms with E-state index in [4.69, 9.17) is 32.5 Å². The number of aromatic amines is 1. The molecule has 19 nitrogen and oxygen atoms in total. The Morgan fingerprint density at radius 1 is 0.345 bits per heavy atom. The summed E-state index contributed by atoms with van der Waals surface area (Å²) in [7, 11) is 1.61. The van der Waals surface area contributed by atoms with Gasteiger partial charge in [-0.15, -0.1) is 21.5 Å². The van der Waals surface area contributed by atoms with Crippen molar-refractivity contribution >= 4 is 54.5 Å². The summed E-state index contributed by atoms with van der Waals surface area (Å²) in [5.41, 5.74) is 27.5. The van der Waals surface area contributed by atoms with Gasteiger partial charge in [0.05, 0.1) is 76.3 Å². The van der Waals surface area contributed by atoms with Crippen LogP contribution >= 0.6 is 11.3 Å². The average Bonchev–Trinajstić information content (AvgIpc) is 1.76. The van der Waals surface area contributed by atoms with Gasteiger partial charge in [-0.3, -0.25) is 29.9 Å². The van der Waals surface area contributed by atoms with Gasteiger partial charge in [-0.25, -0.2) is 9.97 Å². The Kier molecular flexibility index (Phi) is 34.5. The van der Waals surface area contributed by atoms with Gasteiger partial charge in [-0.05, 0) is 106 Å². The van der Waals surface area contributed by atoms with Crippen LogP contribution in [0.25, 0.3) is 43.2 Å². The molecule has 0 aliphatic carbocycles. The molecule has 0 saturated heterocycles. The van der Waals surface area contributed by atoms with Crippen LogP contribution in [0, 0.1) is 0 Å². The average molecular weight is 1640 g/mol. The van der Waals surface area contributed by atoms with Crippen molar-refractivity contribution < 1.29 is 32.5 Å². The number of nitrogens with one attached hydrogen (secondary N) is 1.